The minimum absolute atomic E-state index is 0.0382. The van der Waals surface area contributed by atoms with Crippen LogP contribution < -0.4 is 0 Å². The fourth-order valence-corrected chi connectivity index (χ4v) is 5.52. The fourth-order valence-electron chi connectivity index (χ4n) is 3.43. The van der Waals surface area contributed by atoms with E-state index in [1.165, 1.54) is 35.5 Å². The molecule has 0 N–H and O–H groups in total. The number of benzene rings is 2. The Balaban J connectivity index is 1.80. The van der Waals surface area contributed by atoms with Crippen LogP contribution in [0.25, 0.3) is 0 Å². The topological polar surface area (TPSA) is 90.0 Å². The first-order valence-corrected chi connectivity index (χ1v) is 11.8. The van der Waals surface area contributed by atoms with Crippen LogP contribution in [0.4, 0.5) is 4.39 Å². The first-order valence-electron chi connectivity index (χ1n) is 9.95. The summed E-state index contributed by atoms with van der Waals surface area (Å²) in [4.78, 5) is 24.8. The van der Waals surface area contributed by atoms with Gasteiger partial charge in [0.1, 0.15) is 10.7 Å². The highest BCUT2D eigenvalue weighted by Gasteiger charge is 2.34. The van der Waals surface area contributed by atoms with E-state index in [9.17, 15) is 22.4 Å². The molecule has 7 nitrogen and oxygen atoms in total. The lowest BCUT2D eigenvalue weighted by atomic mass is 10.1. The van der Waals surface area contributed by atoms with Gasteiger partial charge >= 0.3 is 5.97 Å². The summed E-state index contributed by atoms with van der Waals surface area (Å²) in [5.74, 6) is -1.90. The second kappa shape index (κ2) is 9.66. The van der Waals surface area contributed by atoms with Gasteiger partial charge in [-0.1, -0.05) is 11.6 Å². The Hall–Kier alpha value is -2.33. The first kappa shape index (κ1) is 24.3. The van der Waals surface area contributed by atoms with Gasteiger partial charge in [-0.3, -0.25) is 4.79 Å². The second-order valence-corrected chi connectivity index (χ2v) is 9.96. The Bertz CT molecular complexity index is 1110. The Morgan fingerprint density at radius 1 is 1.09 bits per heavy atom. The Kier molecular flexibility index (Phi) is 7.34. The van der Waals surface area contributed by atoms with Crippen molar-refractivity contribution in [3.63, 3.8) is 0 Å². The van der Waals surface area contributed by atoms with Crippen LogP contribution in [-0.2, 0) is 19.5 Å². The first-order chi connectivity index (χ1) is 15.0. The number of rotatable bonds is 6. The summed E-state index contributed by atoms with van der Waals surface area (Å²) in [5, 5.41) is -0.0382. The molecule has 0 aliphatic carbocycles. The number of Topliss-reactive ketones (excluding diaryl/α,β-unsaturated/α-hetero) is 1. The molecule has 0 aromatic heterocycles. The monoisotopic (exact) mass is 483 g/mol. The average molecular weight is 484 g/mol. The molecule has 1 fully saturated rings. The molecule has 0 radical (unpaired) electrons. The van der Waals surface area contributed by atoms with Crippen molar-refractivity contribution in [2.24, 2.45) is 0 Å². The van der Waals surface area contributed by atoms with E-state index in [0.717, 1.165) is 18.2 Å². The van der Waals surface area contributed by atoms with E-state index in [2.05, 4.69) is 0 Å². The molecule has 1 saturated heterocycles. The molecule has 2 aromatic rings. The molecule has 10 heteroatoms. The summed E-state index contributed by atoms with van der Waals surface area (Å²) in [5.41, 5.74) is 0.114. The molecule has 172 valence electrons. The number of ketones is 1. The van der Waals surface area contributed by atoms with Crippen LogP contribution in [0.15, 0.2) is 47.4 Å². The smallest absolute Gasteiger partial charge is 0.338 e. The highest BCUT2D eigenvalue weighted by atomic mass is 35.5. The van der Waals surface area contributed by atoms with Gasteiger partial charge in [0.25, 0.3) is 0 Å². The zero-order valence-electron chi connectivity index (χ0n) is 17.7. The van der Waals surface area contributed by atoms with Crippen molar-refractivity contribution in [2.75, 3.05) is 13.1 Å². The normalized spacial score (nSPS) is 20.5. The highest BCUT2D eigenvalue weighted by Crippen LogP contribution is 2.28. The molecule has 1 aliphatic heterocycles. The van der Waals surface area contributed by atoms with E-state index >= 15 is 0 Å². The van der Waals surface area contributed by atoms with Gasteiger partial charge in [0, 0.05) is 18.7 Å². The zero-order valence-corrected chi connectivity index (χ0v) is 19.3. The number of carbonyl (C=O) groups is 2. The Morgan fingerprint density at radius 3 is 2.25 bits per heavy atom. The van der Waals surface area contributed by atoms with Gasteiger partial charge in [-0.2, -0.15) is 4.31 Å². The van der Waals surface area contributed by atoms with Crippen molar-refractivity contribution in [3.8, 4) is 0 Å². The number of hydrogen-bond donors (Lipinski definition) is 0. The van der Waals surface area contributed by atoms with E-state index < -0.39 is 33.7 Å². The van der Waals surface area contributed by atoms with Crippen LogP contribution in [-0.4, -0.2) is 55.9 Å². The molecule has 1 heterocycles. The molecule has 32 heavy (non-hydrogen) atoms. The van der Waals surface area contributed by atoms with Crippen LogP contribution in [0, 0.1) is 5.82 Å². The summed E-state index contributed by atoms with van der Waals surface area (Å²) in [6.07, 6.45) is -1.75. The number of carbonyl (C=O) groups excluding carboxylic acids is 2. The lowest BCUT2D eigenvalue weighted by Gasteiger charge is -2.34. The summed E-state index contributed by atoms with van der Waals surface area (Å²) in [6.45, 7) is 5.23. The molecule has 1 aliphatic rings. The van der Waals surface area contributed by atoms with Gasteiger partial charge < -0.3 is 9.47 Å². The lowest BCUT2D eigenvalue weighted by Crippen LogP contribution is -2.48. The second-order valence-electron chi connectivity index (χ2n) is 7.64. The molecule has 0 unspecified atom stereocenters. The van der Waals surface area contributed by atoms with E-state index in [4.69, 9.17) is 21.1 Å². The predicted octanol–water partition coefficient (Wildman–Crippen LogP) is 3.71. The maximum atomic E-state index is 13.2. The summed E-state index contributed by atoms with van der Waals surface area (Å²) in [7, 11) is -4.00. The van der Waals surface area contributed by atoms with Gasteiger partial charge in [0.2, 0.25) is 15.8 Å². The Morgan fingerprint density at radius 2 is 1.66 bits per heavy atom. The van der Waals surface area contributed by atoms with Gasteiger partial charge in [0.15, 0.2) is 6.10 Å². The summed E-state index contributed by atoms with van der Waals surface area (Å²) in [6, 6.07) is 8.60. The molecule has 0 bridgehead atoms. The van der Waals surface area contributed by atoms with Gasteiger partial charge in [-0.25, -0.2) is 17.6 Å². The number of halogens is 2. The number of sulfonamides is 1. The van der Waals surface area contributed by atoms with Crippen LogP contribution in [0.3, 0.4) is 0 Å². The van der Waals surface area contributed by atoms with E-state index in [-0.39, 0.29) is 46.3 Å². The highest BCUT2D eigenvalue weighted by molar-refractivity contribution is 7.89. The van der Waals surface area contributed by atoms with Gasteiger partial charge in [-0.05, 0) is 63.2 Å². The molecule has 0 spiro atoms. The zero-order chi connectivity index (χ0) is 23.6. The van der Waals surface area contributed by atoms with Crippen molar-refractivity contribution < 1.29 is 31.9 Å². The maximum absolute atomic E-state index is 13.2. The van der Waals surface area contributed by atoms with Crippen LogP contribution in [0.5, 0.6) is 0 Å². The molecule has 0 amide bonds. The number of esters is 1. The van der Waals surface area contributed by atoms with E-state index in [1.54, 1.807) is 13.8 Å². The van der Waals surface area contributed by atoms with Crippen molar-refractivity contribution >= 4 is 33.4 Å². The maximum Gasteiger partial charge on any atom is 0.338 e. The minimum atomic E-state index is -4.00. The van der Waals surface area contributed by atoms with Crippen LogP contribution in [0.2, 0.25) is 5.02 Å². The minimum Gasteiger partial charge on any atom is -0.451 e. The van der Waals surface area contributed by atoms with Gasteiger partial charge in [0.05, 0.1) is 22.8 Å². The van der Waals surface area contributed by atoms with Gasteiger partial charge in [-0.15, -0.1) is 0 Å². The van der Waals surface area contributed by atoms with Crippen molar-refractivity contribution in [3.05, 3.63) is 64.4 Å². The van der Waals surface area contributed by atoms with Crippen molar-refractivity contribution in [1.82, 2.24) is 4.31 Å². The fraction of sp³-hybridized carbons (Fsp3) is 0.364. The largest absolute Gasteiger partial charge is 0.451 e. The predicted molar refractivity (Wildman–Crippen MR) is 116 cm³/mol. The average Bonchev–Trinajstić information content (AvgIpc) is 2.73. The third kappa shape index (κ3) is 5.35. The van der Waals surface area contributed by atoms with Crippen LogP contribution >= 0.6 is 11.6 Å². The molecular formula is C22H23ClFNO6S. The van der Waals surface area contributed by atoms with Crippen molar-refractivity contribution in [1.29, 1.82) is 0 Å². The summed E-state index contributed by atoms with van der Waals surface area (Å²) >= 11 is 6.15. The standard InChI is InChI=1S/C22H23ClFNO6S/c1-13-11-25(12-14(2)30-13)32(28,29)20-10-17(6-9-19(20)23)22(27)31-15(3)21(26)16-4-7-18(24)8-5-16/h4-10,13-15H,11-12H2,1-3H3/t13-,14-,15+/m1/s1. The molecule has 3 rings (SSSR count). The molecule has 3 atom stereocenters. The SMILES string of the molecule is C[C@@H]1CN(S(=O)(=O)c2cc(C(=O)O[C@@H](C)C(=O)c3ccc(F)cc3)ccc2Cl)C[C@@H](C)O1. The van der Waals surface area contributed by atoms with E-state index in [1.807, 2.05) is 0 Å². The number of hydrogen-bond acceptors (Lipinski definition) is 6. The third-order valence-corrected chi connectivity index (χ3v) is 7.27. The quantitative estimate of drug-likeness (QED) is 0.459. The van der Waals surface area contributed by atoms with Crippen molar-refractivity contribution in [2.45, 2.75) is 44.0 Å². The molecule has 0 saturated carbocycles. The third-order valence-electron chi connectivity index (χ3n) is 4.95. The molecular weight excluding hydrogens is 461 g/mol. The molecule has 2 aromatic carbocycles. The number of nitrogens with zero attached hydrogens (tertiary/aromatic N) is 1. The lowest BCUT2D eigenvalue weighted by molar-refractivity contribution is -0.0440. The number of ether oxygens (including phenoxy) is 2. The Labute approximate surface area is 191 Å². The van der Waals surface area contributed by atoms with E-state index in [0.29, 0.717) is 0 Å². The number of morpholine rings is 1. The van der Waals surface area contributed by atoms with Crippen LogP contribution in [0.1, 0.15) is 41.5 Å². The summed E-state index contributed by atoms with van der Waals surface area (Å²) < 4.78 is 51.5.